The summed E-state index contributed by atoms with van der Waals surface area (Å²) in [6.07, 6.45) is 0.839. The summed E-state index contributed by atoms with van der Waals surface area (Å²) in [7, 11) is 0. The first-order valence-corrected chi connectivity index (χ1v) is 5.07. The van der Waals surface area contributed by atoms with Gasteiger partial charge < -0.3 is 5.73 Å². The summed E-state index contributed by atoms with van der Waals surface area (Å²) >= 11 is 5.66. The monoisotopic (exact) mass is 197 g/mol. The van der Waals surface area contributed by atoms with E-state index in [2.05, 4.69) is 32.0 Å². The van der Waals surface area contributed by atoms with Crippen molar-refractivity contribution in [3.05, 3.63) is 34.9 Å². The van der Waals surface area contributed by atoms with E-state index >= 15 is 0 Å². The number of hydrogen-bond acceptors (Lipinski definition) is 1. The third-order valence-corrected chi connectivity index (χ3v) is 2.47. The van der Waals surface area contributed by atoms with Crippen LogP contribution in [0.5, 0.6) is 0 Å². The molecular formula is C11H16ClN. The van der Waals surface area contributed by atoms with Gasteiger partial charge in [-0.3, -0.25) is 0 Å². The zero-order valence-corrected chi connectivity index (χ0v) is 8.93. The molecule has 0 heterocycles. The Morgan fingerprint density at radius 1 is 1.38 bits per heavy atom. The predicted molar refractivity (Wildman–Crippen MR) is 58.2 cm³/mol. The molecule has 13 heavy (non-hydrogen) atoms. The van der Waals surface area contributed by atoms with Crippen LogP contribution in [0.3, 0.4) is 0 Å². The van der Waals surface area contributed by atoms with Gasteiger partial charge in [0, 0.05) is 11.9 Å². The van der Waals surface area contributed by atoms with Gasteiger partial charge in [-0.1, -0.05) is 23.8 Å². The number of hydrogen-bond donors (Lipinski definition) is 1. The minimum atomic E-state index is 0.0809. The van der Waals surface area contributed by atoms with Gasteiger partial charge in [-0.15, -0.1) is 11.6 Å². The summed E-state index contributed by atoms with van der Waals surface area (Å²) in [5.41, 5.74) is 9.72. The molecule has 1 unspecified atom stereocenters. The van der Waals surface area contributed by atoms with Crippen molar-refractivity contribution in [2.75, 3.05) is 5.88 Å². The highest BCUT2D eigenvalue weighted by Crippen LogP contribution is 2.20. The van der Waals surface area contributed by atoms with Crippen LogP contribution in [0.2, 0.25) is 0 Å². The second-order valence-corrected chi connectivity index (χ2v) is 3.82. The zero-order valence-electron chi connectivity index (χ0n) is 8.18. The largest absolute Gasteiger partial charge is 0.324 e. The summed E-state index contributed by atoms with van der Waals surface area (Å²) in [5.74, 6) is 0.620. The highest BCUT2D eigenvalue weighted by Gasteiger charge is 2.07. The first-order chi connectivity index (χ1) is 6.15. The van der Waals surface area contributed by atoms with E-state index in [1.807, 2.05) is 0 Å². The molecule has 0 aliphatic rings. The highest BCUT2D eigenvalue weighted by atomic mass is 35.5. The molecule has 0 saturated heterocycles. The maximum Gasteiger partial charge on any atom is 0.0308 e. The van der Waals surface area contributed by atoms with E-state index in [9.17, 15) is 0 Å². The fraction of sp³-hybridized carbons (Fsp3) is 0.455. The van der Waals surface area contributed by atoms with E-state index in [4.69, 9.17) is 17.3 Å². The summed E-state index contributed by atoms with van der Waals surface area (Å²) in [6, 6.07) is 6.44. The van der Waals surface area contributed by atoms with Crippen molar-refractivity contribution in [1.82, 2.24) is 0 Å². The minimum absolute atomic E-state index is 0.0809. The summed E-state index contributed by atoms with van der Waals surface area (Å²) in [6.45, 7) is 4.17. The number of alkyl halides is 1. The van der Waals surface area contributed by atoms with Crippen molar-refractivity contribution < 1.29 is 0 Å². The van der Waals surface area contributed by atoms with E-state index in [1.165, 1.54) is 16.7 Å². The van der Waals surface area contributed by atoms with Crippen LogP contribution < -0.4 is 5.73 Å². The Morgan fingerprint density at radius 2 is 2.08 bits per heavy atom. The number of nitrogens with two attached hydrogens (primary N) is 1. The Kier molecular flexibility index (Phi) is 3.76. The Morgan fingerprint density at radius 3 is 2.69 bits per heavy atom. The van der Waals surface area contributed by atoms with Gasteiger partial charge in [0.15, 0.2) is 0 Å². The molecule has 1 aromatic rings. The molecule has 1 atom stereocenters. The molecule has 0 aliphatic heterocycles. The fourth-order valence-electron chi connectivity index (χ4n) is 1.43. The molecule has 0 aliphatic carbocycles. The van der Waals surface area contributed by atoms with Crippen molar-refractivity contribution in [2.45, 2.75) is 26.3 Å². The van der Waals surface area contributed by atoms with E-state index in [0.29, 0.717) is 5.88 Å². The van der Waals surface area contributed by atoms with Crippen LogP contribution in [-0.2, 0) is 0 Å². The van der Waals surface area contributed by atoms with Crippen molar-refractivity contribution in [3.63, 3.8) is 0 Å². The average Bonchev–Trinajstić information content (AvgIpc) is 2.09. The molecule has 1 nitrogen and oxygen atoms in total. The van der Waals surface area contributed by atoms with Crippen LogP contribution in [0, 0.1) is 13.8 Å². The maximum atomic E-state index is 5.99. The minimum Gasteiger partial charge on any atom is -0.324 e. The number of rotatable bonds is 3. The lowest BCUT2D eigenvalue weighted by molar-refractivity contribution is 0.697. The smallest absolute Gasteiger partial charge is 0.0308 e. The first-order valence-electron chi connectivity index (χ1n) is 4.54. The lowest BCUT2D eigenvalue weighted by Crippen LogP contribution is -2.12. The van der Waals surface area contributed by atoms with Crippen LogP contribution in [0.15, 0.2) is 18.2 Å². The standard InChI is InChI=1S/C11H16ClN/c1-8-3-4-9(2)10(7-8)11(13)5-6-12/h3-4,7,11H,5-6,13H2,1-2H3. The van der Waals surface area contributed by atoms with Gasteiger partial charge >= 0.3 is 0 Å². The topological polar surface area (TPSA) is 26.0 Å². The van der Waals surface area contributed by atoms with Crippen LogP contribution >= 0.6 is 11.6 Å². The van der Waals surface area contributed by atoms with Crippen molar-refractivity contribution in [2.24, 2.45) is 5.73 Å². The summed E-state index contributed by atoms with van der Waals surface area (Å²) in [4.78, 5) is 0. The van der Waals surface area contributed by atoms with Gasteiger partial charge in [-0.05, 0) is 31.4 Å². The van der Waals surface area contributed by atoms with E-state index < -0.39 is 0 Å². The lowest BCUT2D eigenvalue weighted by Gasteiger charge is -2.13. The number of benzene rings is 1. The maximum absolute atomic E-state index is 5.99. The normalized spacial score (nSPS) is 12.9. The number of halogens is 1. The average molecular weight is 198 g/mol. The molecule has 0 spiro atoms. The third-order valence-electron chi connectivity index (χ3n) is 2.25. The van der Waals surface area contributed by atoms with Crippen LogP contribution in [-0.4, -0.2) is 5.88 Å². The Bertz CT molecular complexity index is 283. The quantitative estimate of drug-likeness (QED) is 0.741. The van der Waals surface area contributed by atoms with Crippen molar-refractivity contribution >= 4 is 11.6 Å². The second kappa shape index (κ2) is 4.64. The Balaban J connectivity index is 2.91. The molecule has 0 fully saturated rings. The molecule has 2 heteroatoms. The van der Waals surface area contributed by atoms with Gasteiger partial charge in [0.2, 0.25) is 0 Å². The summed E-state index contributed by atoms with van der Waals surface area (Å²) < 4.78 is 0. The lowest BCUT2D eigenvalue weighted by atomic mass is 9.98. The third kappa shape index (κ3) is 2.71. The van der Waals surface area contributed by atoms with Crippen molar-refractivity contribution in [3.8, 4) is 0 Å². The molecule has 1 aromatic carbocycles. The molecule has 0 saturated carbocycles. The van der Waals surface area contributed by atoms with Crippen molar-refractivity contribution in [1.29, 1.82) is 0 Å². The van der Waals surface area contributed by atoms with Crippen LogP contribution in [0.4, 0.5) is 0 Å². The van der Waals surface area contributed by atoms with Gasteiger partial charge in [0.1, 0.15) is 0 Å². The van der Waals surface area contributed by atoms with Crippen LogP contribution in [0.25, 0.3) is 0 Å². The van der Waals surface area contributed by atoms with Crippen LogP contribution in [0.1, 0.15) is 29.2 Å². The predicted octanol–water partition coefficient (Wildman–Crippen LogP) is 2.93. The van der Waals surface area contributed by atoms with Gasteiger partial charge in [-0.25, -0.2) is 0 Å². The van der Waals surface area contributed by atoms with E-state index in [1.54, 1.807) is 0 Å². The molecule has 0 bridgehead atoms. The Labute approximate surface area is 84.9 Å². The molecule has 1 rings (SSSR count). The molecule has 2 N–H and O–H groups in total. The van der Waals surface area contributed by atoms with Gasteiger partial charge in [0.05, 0.1) is 0 Å². The highest BCUT2D eigenvalue weighted by molar-refractivity contribution is 6.17. The SMILES string of the molecule is Cc1ccc(C)c(C(N)CCCl)c1. The van der Waals surface area contributed by atoms with Gasteiger partial charge in [-0.2, -0.15) is 0 Å². The molecule has 72 valence electrons. The zero-order chi connectivity index (χ0) is 9.84. The Hall–Kier alpha value is -0.530. The summed E-state index contributed by atoms with van der Waals surface area (Å²) in [5, 5.41) is 0. The molecule has 0 radical (unpaired) electrons. The molecule has 0 aromatic heterocycles. The van der Waals surface area contributed by atoms with E-state index in [0.717, 1.165) is 6.42 Å². The van der Waals surface area contributed by atoms with E-state index in [-0.39, 0.29) is 6.04 Å². The second-order valence-electron chi connectivity index (χ2n) is 3.44. The van der Waals surface area contributed by atoms with Gasteiger partial charge in [0.25, 0.3) is 0 Å². The molecule has 0 amide bonds. The first kappa shape index (κ1) is 10.6. The number of aryl methyl sites for hydroxylation is 2. The fourth-order valence-corrected chi connectivity index (χ4v) is 1.67. The molecular weight excluding hydrogens is 182 g/mol.